The van der Waals surface area contributed by atoms with Crippen molar-refractivity contribution in [2.24, 2.45) is 0 Å². The smallest absolute Gasteiger partial charge is 0.217 e. The van der Waals surface area contributed by atoms with E-state index in [0.29, 0.717) is 18.3 Å². The molecule has 0 aliphatic rings. The molecule has 0 bridgehead atoms. The Morgan fingerprint density at radius 1 is 1.21 bits per heavy atom. The molecular weight excluding hydrogens is 260 g/mol. The molecule has 1 heterocycles. The number of aromatic nitrogens is 1. The molecule has 1 atom stereocenters. The maximum atomic E-state index is 6.03. The van der Waals surface area contributed by atoms with Crippen molar-refractivity contribution in [3.8, 4) is 5.88 Å². The number of ether oxygens (including phenoxy) is 1. The lowest BCUT2D eigenvalue weighted by atomic mass is 10.1. The van der Waals surface area contributed by atoms with Crippen LogP contribution in [0.2, 0.25) is 0 Å². The molecule has 0 spiro atoms. The summed E-state index contributed by atoms with van der Waals surface area (Å²) in [7, 11) is 1.63. The fourth-order valence-corrected chi connectivity index (χ4v) is 2.21. The first-order valence-corrected chi connectivity index (χ1v) is 6.70. The Bertz CT molecular complexity index is 505. The maximum Gasteiger partial charge on any atom is 0.217 e. The minimum Gasteiger partial charge on any atom is -0.481 e. The minimum atomic E-state index is 0.118. The number of hydrogen-bond acceptors (Lipinski definition) is 3. The first kappa shape index (κ1) is 13.8. The van der Waals surface area contributed by atoms with Crippen molar-refractivity contribution >= 4 is 11.6 Å². The monoisotopic (exact) mass is 276 g/mol. The van der Waals surface area contributed by atoms with Gasteiger partial charge in [-0.25, -0.2) is 4.98 Å². The van der Waals surface area contributed by atoms with Crippen LogP contribution in [0.1, 0.15) is 17.2 Å². The van der Waals surface area contributed by atoms with Crippen LogP contribution in [0.15, 0.2) is 48.7 Å². The van der Waals surface area contributed by atoms with Crippen molar-refractivity contribution in [3.05, 3.63) is 59.8 Å². The number of nitrogens with zero attached hydrogens (tertiary/aromatic N) is 1. The van der Waals surface area contributed by atoms with E-state index in [-0.39, 0.29) is 6.04 Å². The highest BCUT2D eigenvalue weighted by Gasteiger charge is 2.10. The summed E-state index contributed by atoms with van der Waals surface area (Å²) in [5, 5.41) is 3.42. The lowest BCUT2D eigenvalue weighted by Gasteiger charge is -2.17. The van der Waals surface area contributed by atoms with Gasteiger partial charge in [-0.3, -0.25) is 0 Å². The highest BCUT2D eigenvalue weighted by atomic mass is 35.5. The molecule has 0 fully saturated rings. The van der Waals surface area contributed by atoms with Crippen LogP contribution >= 0.6 is 11.6 Å². The molecule has 1 N–H and O–H groups in total. The second-order valence-corrected chi connectivity index (χ2v) is 4.48. The van der Waals surface area contributed by atoms with Crippen LogP contribution in [0.3, 0.4) is 0 Å². The van der Waals surface area contributed by atoms with Crippen molar-refractivity contribution in [3.63, 3.8) is 0 Å². The summed E-state index contributed by atoms with van der Waals surface area (Å²) in [6.45, 7) is 0.670. The lowest BCUT2D eigenvalue weighted by Crippen LogP contribution is -2.22. The summed E-state index contributed by atoms with van der Waals surface area (Å²) in [6, 6.07) is 14.2. The summed E-state index contributed by atoms with van der Waals surface area (Å²) >= 11 is 6.03. The second kappa shape index (κ2) is 7.12. The van der Waals surface area contributed by atoms with E-state index >= 15 is 0 Å². The van der Waals surface area contributed by atoms with Gasteiger partial charge in [0.05, 0.1) is 7.11 Å². The van der Waals surface area contributed by atoms with Crippen LogP contribution in [0, 0.1) is 0 Å². The molecule has 4 heteroatoms. The molecule has 19 heavy (non-hydrogen) atoms. The zero-order valence-electron chi connectivity index (χ0n) is 10.8. The van der Waals surface area contributed by atoms with E-state index in [1.54, 1.807) is 13.3 Å². The summed E-state index contributed by atoms with van der Waals surface area (Å²) in [6.07, 6.45) is 1.72. The van der Waals surface area contributed by atoms with Crippen molar-refractivity contribution in [2.45, 2.75) is 12.6 Å². The molecule has 0 aliphatic heterocycles. The molecule has 1 unspecified atom stereocenters. The molecular formula is C15H17ClN2O. The van der Waals surface area contributed by atoms with E-state index in [9.17, 15) is 0 Å². The predicted octanol–water partition coefficient (Wildman–Crippen LogP) is 3.16. The molecule has 1 aromatic carbocycles. The first-order chi connectivity index (χ1) is 9.35. The van der Waals surface area contributed by atoms with E-state index < -0.39 is 0 Å². The van der Waals surface area contributed by atoms with Gasteiger partial charge >= 0.3 is 0 Å². The van der Waals surface area contributed by atoms with Crippen molar-refractivity contribution in [1.29, 1.82) is 0 Å². The molecule has 3 nitrogen and oxygen atoms in total. The summed E-state index contributed by atoms with van der Waals surface area (Å²) in [4.78, 5) is 4.18. The molecule has 0 saturated heterocycles. The summed E-state index contributed by atoms with van der Waals surface area (Å²) < 4.78 is 5.23. The maximum absolute atomic E-state index is 6.03. The Hall–Kier alpha value is -1.58. The van der Waals surface area contributed by atoms with Crippen LogP contribution in [-0.4, -0.2) is 18.0 Å². The topological polar surface area (TPSA) is 34.1 Å². The van der Waals surface area contributed by atoms with Gasteiger partial charge in [0.25, 0.3) is 0 Å². The highest BCUT2D eigenvalue weighted by molar-refractivity contribution is 6.18. The van der Waals surface area contributed by atoms with Crippen LogP contribution < -0.4 is 10.1 Å². The van der Waals surface area contributed by atoms with E-state index in [4.69, 9.17) is 16.3 Å². The quantitative estimate of drug-likeness (QED) is 0.823. The third-order valence-electron chi connectivity index (χ3n) is 2.94. The number of benzene rings is 1. The van der Waals surface area contributed by atoms with Gasteiger partial charge in [0.15, 0.2) is 0 Å². The lowest BCUT2D eigenvalue weighted by molar-refractivity contribution is 0.389. The van der Waals surface area contributed by atoms with Crippen LogP contribution in [0.4, 0.5) is 0 Å². The summed E-state index contributed by atoms with van der Waals surface area (Å²) in [5.41, 5.74) is 2.21. The van der Waals surface area contributed by atoms with Gasteiger partial charge in [-0.15, -0.1) is 11.6 Å². The number of halogens is 1. The van der Waals surface area contributed by atoms with Crippen molar-refractivity contribution < 1.29 is 4.74 Å². The third kappa shape index (κ3) is 3.69. The SMILES string of the molecule is COc1ncccc1CNC(CCl)c1ccccc1. The van der Waals surface area contributed by atoms with Crippen LogP contribution in [0.5, 0.6) is 5.88 Å². The van der Waals surface area contributed by atoms with Gasteiger partial charge in [-0.2, -0.15) is 0 Å². The van der Waals surface area contributed by atoms with E-state index in [1.165, 1.54) is 5.56 Å². The van der Waals surface area contributed by atoms with Gasteiger partial charge in [0, 0.05) is 30.2 Å². The molecule has 0 aliphatic carbocycles. The Kier molecular flexibility index (Phi) is 5.19. The number of pyridine rings is 1. The zero-order chi connectivity index (χ0) is 13.5. The van der Waals surface area contributed by atoms with Crippen molar-refractivity contribution in [1.82, 2.24) is 10.3 Å². The van der Waals surface area contributed by atoms with E-state index in [2.05, 4.69) is 22.4 Å². The molecule has 0 amide bonds. The van der Waals surface area contributed by atoms with E-state index in [1.807, 2.05) is 30.3 Å². The second-order valence-electron chi connectivity index (χ2n) is 4.17. The van der Waals surface area contributed by atoms with Gasteiger partial charge in [-0.1, -0.05) is 36.4 Å². The Morgan fingerprint density at radius 3 is 2.68 bits per heavy atom. The van der Waals surface area contributed by atoms with Crippen LogP contribution in [0.25, 0.3) is 0 Å². The summed E-state index contributed by atoms with van der Waals surface area (Å²) in [5.74, 6) is 1.17. The average Bonchev–Trinajstić information content (AvgIpc) is 2.49. The molecule has 0 saturated carbocycles. The van der Waals surface area contributed by atoms with Gasteiger partial charge in [-0.05, 0) is 11.6 Å². The number of methoxy groups -OCH3 is 1. The standard InChI is InChI=1S/C15H17ClN2O/c1-19-15-13(8-5-9-17-15)11-18-14(10-16)12-6-3-2-4-7-12/h2-9,14,18H,10-11H2,1H3. The zero-order valence-corrected chi connectivity index (χ0v) is 11.6. The van der Waals surface area contributed by atoms with E-state index in [0.717, 1.165) is 5.56 Å². The highest BCUT2D eigenvalue weighted by Crippen LogP contribution is 2.18. The fourth-order valence-electron chi connectivity index (χ4n) is 1.92. The van der Waals surface area contributed by atoms with Gasteiger partial charge < -0.3 is 10.1 Å². The number of rotatable bonds is 6. The number of alkyl halides is 1. The molecule has 2 rings (SSSR count). The number of hydrogen-bond donors (Lipinski definition) is 1. The number of nitrogens with one attached hydrogen (secondary N) is 1. The third-order valence-corrected chi connectivity index (χ3v) is 3.25. The average molecular weight is 277 g/mol. The molecule has 1 aromatic heterocycles. The molecule has 0 radical (unpaired) electrons. The Balaban J connectivity index is 2.04. The van der Waals surface area contributed by atoms with Gasteiger partial charge in [0.1, 0.15) is 0 Å². The molecule has 100 valence electrons. The Morgan fingerprint density at radius 2 is 2.00 bits per heavy atom. The predicted molar refractivity (Wildman–Crippen MR) is 77.5 cm³/mol. The minimum absolute atomic E-state index is 0.118. The Labute approximate surface area is 118 Å². The van der Waals surface area contributed by atoms with Gasteiger partial charge in [0.2, 0.25) is 5.88 Å². The van der Waals surface area contributed by atoms with Crippen LogP contribution in [-0.2, 0) is 6.54 Å². The largest absolute Gasteiger partial charge is 0.481 e. The first-order valence-electron chi connectivity index (χ1n) is 6.17. The van der Waals surface area contributed by atoms with Crippen molar-refractivity contribution in [2.75, 3.05) is 13.0 Å². The molecule has 2 aromatic rings. The fraction of sp³-hybridized carbons (Fsp3) is 0.267. The normalized spacial score (nSPS) is 12.1.